The van der Waals surface area contributed by atoms with E-state index in [2.05, 4.69) is 32.7 Å². The third-order valence-corrected chi connectivity index (χ3v) is 3.67. The van der Waals surface area contributed by atoms with Gasteiger partial charge in [-0.2, -0.15) is 0 Å². The van der Waals surface area contributed by atoms with Crippen LogP contribution < -0.4 is 11.3 Å². The molecule has 19 heavy (non-hydrogen) atoms. The van der Waals surface area contributed by atoms with Crippen LogP contribution in [-0.4, -0.2) is 17.7 Å². The van der Waals surface area contributed by atoms with Gasteiger partial charge in [-0.3, -0.25) is 5.84 Å². The Balaban J connectivity index is 2.14. The molecule has 1 aliphatic heterocycles. The minimum Gasteiger partial charge on any atom is -0.469 e. The average molecular weight is 277 g/mol. The van der Waals surface area contributed by atoms with Crippen molar-refractivity contribution in [3.05, 3.63) is 47.9 Å². The third kappa shape index (κ3) is 4.05. The number of allylic oxidation sites excluding steroid dienone is 4. The number of ether oxygens (including phenoxy) is 1. The van der Waals surface area contributed by atoms with Crippen LogP contribution in [-0.2, 0) is 4.74 Å². The molecule has 5 heteroatoms. The molecule has 0 amide bonds. The molecule has 1 heterocycles. The molecule has 0 aromatic carbocycles. The van der Waals surface area contributed by atoms with E-state index >= 15 is 0 Å². The van der Waals surface area contributed by atoms with Crippen molar-refractivity contribution in [2.24, 2.45) is 10.8 Å². The van der Waals surface area contributed by atoms with E-state index in [4.69, 9.17) is 10.6 Å². The lowest BCUT2D eigenvalue weighted by molar-refractivity contribution is 0.244. The fourth-order valence-corrected chi connectivity index (χ4v) is 2.23. The Kier molecular flexibility index (Phi) is 4.94. The molecule has 0 aromatic rings. The summed E-state index contributed by atoms with van der Waals surface area (Å²) in [5, 5.41) is 0. The maximum atomic E-state index is 5.94. The monoisotopic (exact) mass is 277 g/mol. The second-order valence-corrected chi connectivity index (χ2v) is 5.46. The van der Waals surface area contributed by atoms with Crippen molar-refractivity contribution in [3.8, 4) is 0 Å². The van der Waals surface area contributed by atoms with E-state index in [1.807, 2.05) is 24.3 Å². The number of aliphatic imine (C=N–C) groups is 1. The molecule has 3 N–H and O–H groups in total. The van der Waals surface area contributed by atoms with E-state index in [1.54, 1.807) is 6.20 Å². The second-order valence-electron chi connectivity index (χ2n) is 4.69. The van der Waals surface area contributed by atoms with E-state index < -0.39 is 0 Å². The maximum absolute atomic E-state index is 5.94. The Morgan fingerprint density at radius 3 is 2.89 bits per heavy atom. The highest BCUT2D eigenvalue weighted by Crippen LogP contribution is 2.19. The molecular formula is C14H20N3OP. The van der Waals surface area contributed by atoms with Crippen LogP contribution in [0, 0.1) is 0 Å². The molecule has 2 aliphatic rings. The van der Waals surface area contributed by atoms with Crippen molar-refractivity contribution in [1.29, 1.82) is 0 Å². The van der Waals surface area contributed by atoms with Crippen molar-refractivity contribution >= 4 is 15.1 Å². The van der Waals surface area contributed by atoms with Crippen LogP contribution in [0.2, 0.25) is 0 Å². The van der Waals surface area contributed by atoms with Gasteiger partial charge in [0.05, 0.1) is 6.20 Å². The molecule has 0 aromatic heterocycles. The highest BCUT2D eigenvalue weighted by atomic mass is 31.0. The summed E-state index contributed by atoms with van der Waals surface area (Å²) in [6.07, 6.45) is 13.7. The fourth-order valence-electron chi connectivity index (χ4n) is 1.89. The standard InChI is InChI=1S/C14H20N3OP/c1-10-6-7-11(17-15)9-16-14(8-10)18-12-4-2-3-5-13(12)19/h2-5,8-9,12-13,17H,6-7,15,19H2,1H3/b10-8-,11-9+,16-14+. The van der Waals surface area contributed by atoms with Gasteiger partial charge in [-0.1, -0.05) is 23.8 Å². The highest BCUT2D eigenvalue weighted by Gasteiger charge is 2.17. The smallest absolute Gasteiger partial charge is 0.213 e. The van der Waals surface area contributed by atoms with E-state index in [0.29, 0.717) is 5.90 Å². The predicted molar refractivity (Wildman–Crippen MR) is 82.5 cm³/mol. The largest absolute Gasteiger partial charge is 0.469 e. The van der Waals surface area contributed by atoms with Crippen LogP contribution in [0.1, 0.15) is 19.8 Å². The van der Waals surface area contributed by atoms with Crippen molar-refractivity contribution in [2.45, 2.75) is 31.5 Å². The molecular weight excluding hydrogens is 257 g/mol. The van der Waals surface area contributed by atoms with Gasteiger partial charge in [-0.25, -0.2) is 4.99 Å². The maximum Gasteiger partial charge on any atom is 0.213 e. The van der Waals surface area contributed by atoms with Crippen LogP contribution in [0.25, 0.3) is 0 Å². The number of rotatable bonds is 2. The van der Waals surface area contributed by atoms with Crippen LogP contribution in [0.3, 0.4) is 0 Å². The second kappa shape index (κ2) is 6.69. The van der Waals surface area contributed by atoms with Crippen LogP contribution >= 0.6 is 9.24 Å². The van der Waals surface area contributed by atoms with Crippen molar-refractivity contribution < 1.29 is 4.74 Å². The molecule has 3 unspecified atom stereocenters. The molecule has 4 nitrogen and oxygen atoms in total. The lowest BCUT2D eigenvalue weighted by Gasteiger charge is -2.22. The summed E-state index contributed by atoms with van der Waals surface area (Å²) in [4.78, 5) is 4.36. The number of nitrogens with two attached hydrogens (primary N) is 1. The third-order valence-electron chi connectivity index (χ3n) is 3.07. The SMILES string of the molecule is C/C1=C/C(OC2C=CC=CC2P)=N\C=C(\NN)CC1. The molecule has 0 radical (unpaired) electrons. The minimum absolute atomic E-state index is 0.0000813. The minimum atomic E-state index is -0.0000813. The Bertz CT molecular complexity index is 477. The van der Waals surface area contributed by atoms with Gasteiger partial charge in [-0.15, -0.1) is 9.24 Å². The zero-order valence-electron chi connectivity index (χ0n) is 11.0. The van der Waals surface area contributed by atoms with Crippen LogP contribution in [0.15, 0.2) is 52.8 Å². The van der Waals surface area contributed by atoms with E-state index in [9.17, 15) is 0 Å². The van der Waals surface area contributed by atoms with Gasteiger partial charge in [-0.05, 0) is 31.9 Å². The predicted octanol–water partition coefficient (Wildman–Crippen LogP) is 2.18. The van der Waals surface area contributed by atoms with Gasteiger partial charge in [0.25, 0.3) is 0 Å². The Hall–Kier alpha value is -1.38. The fraction of sp³-hybridized carbons (Fsp3) is 0.357. The summed E-state index contributed by atoms with van der Waals surface area (Å²) in [7, 11) is 2.77. The topological polar surface area (TPSA) is 59.6 Å². The zero-order valence-corrected chi connectivity index (χ0v) is 12.2. The van der Waals surface area contributed by atoms with Crippen molar-refractivity contribution in [2.75, 3.05) is 0 Å². The first-order valence-electron chi connectivity index (χ1n) is 6.37. The Morgan fingerprint density at radius 1 is 1.37 bits per heavy atom. The average Bonchev–Trinajstić information content (AvgIpc) is 2.39. The molecule has 102 valence electrons. The van der Waals surface area contributed by atoms with Gasteiger partial charge in [0.15, 0.2) is 0 Å². The molecule has 0 fully saturated rings. The summed E-state index contributed by atoms with van der Waals surface area (Å²) in [6.45, 7) is 2.08. The lowest BCUT2D eigenvalue weighted by Crippen LogP contribution is -2.25. The van der Waals surface area contributed by atoms with Gasteiger partial charge in [0, 0.05) is 11.4 Å². The van der Waals surface area contributed by atoms with E-state index in [0.717, 1.165) is 18.5 Å². The van der Waals surface area contributed by atoms with Gasteiger partial charge >= 0.3 is 0 Å². The highest BCUT2D eigenvalue weighted by molar-refractivity contribution is 7.18. The van der Waals surface area contributed by atoms with Crippen LogP contribution in [0.5, 0.6) is 0 Å². The quantitative estimate of drug-likeness (QED) is 0.462. The molecule has 2 rings (SSSR count). The number of hydrazine groups is 1. The molecule has 0 bridgehead atoms. The number of nitrogens with zero attached hydrogens (tertiary/aromatic N) is 1. The summed E-state index contributed by atoms with van der Waals surface area (Å²) in [5.74, 6) is 6.08. The van der Waals surface area contributed by atoms with E-state index in [1.165, 1.54) is 5.57 Å². The van der Waals surface area contributed by atoms with Crippen LogP contribution in [0.4, 0.5) is 0 Å². The molecule has 0 spiro atoms. The first-order valence-corrected chi connectivity index (χ1v) is 7.03. The number of hydrogen-bond donors (Lipinski definition) is 2. The number of nitrogens with one attached hydrogen (secondary N) is 1. The molecule has 1 aliphatic carbocycles. The zero-order chi connectivity index (χ0) is 13.7. The van der Waals surface area contributed by atoms with Gasteiger partial charge in [0.2, 0.25) is 5.90 Å². The Morgan fingerprint density at radius 2 is 2.16 bits per heavy atom. The molecule has 3 atom stereocenters. The summed E-state index contributed by atoms with van der Waals surface area (Å²) in [5.41, 5.74) is 5.08. The summed E-state index contributed by atoms with van der Waals surface area (Å²) < 4.78 is 5.94. The first-order chi connectivity index (χ1) is 9.19. The lowest BCUT2D eigenvalue weighted by atomic mass is 10.1. The molecule has 0 saturated heterocycles. The first kappa shape index (κ1) is 14.0. The molecule has 0 saturated carbocycles. The summed E-state index contributed by atoms with van der Waals surface area (Å²) in [6, 6.07) is 0. The van der Waals surface area contributed by atoms with Crippen molar-refractivity contribution in [3.63, 3.8) is 0 Å². The number of hydrogen-bond acceptors (Lipinski definition) is 4. The Labute approximate surface area is 116 Å². The summed E-state index contributed by atoms with van der Waals surface area (Å²) >= 11 is 0. The van der Waals surface area contributed by atoms with E-state index in [-0.39, 0.29) is 11.8 Å². The van der Waals surface area contributed by atoms with Crippen molar-refractivity contribution in [1.82, 2.24) is 5.43 Å². The normalized spacial score (nSPS) is 35.0. The van der Waals surface area contributed by atoms with Gasteiger partial charge in [0.1, 0.15) is 6.10 Å². The van der Waals surface area contributed by atoms with Gasteiger partial charge < -0.3 is 10.2 Å².